The maximum atomic E-state index is 13.6. The number of hydrogen-bond donors (Lipinski definition) is 0. The highest BCUT2D eigenvalue weighted by Crippen LogP contribution is 2.35. The van der Waals surface area contributed by atoms with E-state index >= 15 is 0 Å². The van der Waals surface area contributed by atoms with Gasteiger partial charge < -0.3 is 4.79 Å². The highest BCUT2D eigenvalue weighted by atomic mass is 32.3. The quantitative estimate of drug-likeness (QED) is 0.433. The lowest BCUT2D eigenvalue weighted by Gasteiger charge is -2.27. The predicted octanol–water partition coefficient (Wildman–Crippen LogP) is 4.83. The third-order valence-corrected chi connectivity index (χ3v) is 10.5. The molecule has 164 valence electrons. The molecule has 2 rings (SSSR count). The summed E-state index contributed by atoms with van der Waals surface area (Å²) in [5.74, 6) is -1.03. The molecule has 0 saturated carbocycles. The minimum Gasteiger partial charge on any atom is -0.300 e. The van der Waals surface area contributed by atoms with Crippen LogP contribution in [0.5, 0.6) is 0 Å². The van der Waals surface area contributed by atoms with Gasteiger partial charge in [-0.1, -0.05) is 69.0 Å². The number of carbonyl (C=O) groups is 1. The van der Waals surface area contributed by atoms with Gasteiger partial charge in [-0.15, -0.1) is 0 Å². The molecule has 2 aromatic carbocycles. The Hall–Kier alpha value is -1.99. The van der Waals surface area contributed by atoms with Crippen molar-refractivity contribution in [1.29, 1.82) is 0 Å². The topological polar surface area (TPSA) is 85.3 Å². The van der Waals surface area contributed by atoms with Crippen molar-refractivity contribution in [2.75, 3.05) is 0 Å². The van der Waals surface area contributed by atoms with Crippen molar-refractivity contribution in [1.82, 2.24) is 0 Å². The molecule has 2 aromatic rings. The summed E-state index contributed by atoms with van der Waals surface area (Å²) >= 11 is 0. The number of ketones is 1. The van der Waals surface area contributed by atoms with Gasteiger partial charge in [-0.3, -0.25) is 0 Å². The first kappa shape index (κ1) is 24.3. The number of carbonyl (C=O) groups excluding carboxylic acids is 1. The minimum atomic E-state index is -4.23. The van der Waals surface area contributed by atoms with Crippen molar-refractivity contribution in [2.24, 2.45) is 5.92 Å². The molecule has 0 radical (unpaired) electrons. The van der Waals surface area contributed by atoms with Crippen LogP contribution in [0.15, 0.2) is 70.5 Å². The van der Waals surface area contributed by atoms with Crippen molar-refractivity contribution in [3.05, 3.63) is 60.7 Å². The van der Waals surface area contributed by atoms with Crippen LogP contribution in [-0.4, -0.2) is 27.2 Å². The number of hydrogen-bond acceptors (Lipinski definition) is 5. The Labute approximate surface area is 180 Å². The van der Waals surface area contributed by atoms with Crippen molar-refractivity contribution in [3.8, 4) is 0 Å². The largest absolute Gasteiger partial charge is 0.300 e. The van der Waals surface area contributed by atoms with Gasteiger partial charge in [0.15, 0.2) is 24.3 Å². The van der Waals surface area contributed by atoms with Crippen LogP contribution in [0, 0.1) is 5.92 Å². The van der Waals surface area contributed by atoms with E-state index in [0.29, 0.717) is 12.8 Å². The first-order valence-corrected chi connectivity index (χ1v) is 13.4. The molecular weight excluding hydrogens is 420 g/mol. The zero-order valence-electron chi connectivity index (χ0n) is 17.5. The number of Topliss-reactive ketones (excluding diaryl/α,β-unsaturated/α-hetero) is 1. The molecule has 0 fully saturated rings. The standard InChI is InChI=1S/C23H30O5S2/c1-3-4-5-8-13-20(18-19(2)24)23(29(25,26)21-14-9-6-10-15-21)30(27,28)22-16-11-7-12-17-22/h6-7,9-12,14-17,20,23H,3-5,8,13,18H2,1-2H3/t20-/m1/s1. The predicted molar refractivity (Wildman–Crippen MR) is 119 cm³/mol. The first-order valence-electron chi connectivity index (χ1n) is 10.3. The van der Waals surface area contributed by atoms with E-state index < -0.39 is 30.2 Å². The molecule has 0 heterocycles. The van der Waals surface area contributed by atoms with Gasteiger partial charge in [0.25, 0.3) is 0 Å². The van der Waals surface area contributed by atoms with Crippen LogP contribution in [0.3, 0.4) is 0 Å². The van der Waals surface area contributed by atoms with Gasteiger partial charge in [-0.2, -0.15) is 0 Å². The molecular formula is C23H30O5S2. The van der Waals surface area contributed by atoms with Crippen molar-refractivity contribution < 1.29 is 21.6 Å². The van der Waals surface area contributed by atoms with Crippen LogP contribution >= 0.6 is 0 Å². The Morgan fingerprint density at radius 2 is 1.23 bits per heavy atom. The highest BCUT2D eigenvalue weighted by Gasteiger charge is 2.45. The van der Waals surface area contributed by atoms with Gasteiger partial charge >= 0.3 is 0 Å². The molecule has 0 bridgehead atoms. The fourth-order valence-electron chi connectivity index (χ4n) is 3.70. The molecule has 0 amide bonds. The molecule has 0 aliphatic heterocycles. The second kappa shape index (κ2) is 10.9. The number of unbranched alkanes of at least 4 members (excludes halogenated alkanes) is 3. The highest BCUT2D eigenvalue weighted by molar-refractivity contribution is 8.09. The first-order chi connectivity index (χ1) is 14.2. The molecule has 30 heavy (non-hydrogen) atoms. The van der Waals surface area contributed by atoms with Gasteiger partial charge in [0.05, 0.1) is 9.79 Å². The van der Waals surface area contributed by atoms with Gasteiger partial charge in [0.2, 0.25) is 0 Å². The Balaban J connectivity index is 2.60. The number of rotatable bonds is 12. The third-order valence-electron chi connectivity index (χ3n) is 5.12. The Morgan fingerprint density at radius 3 is 1.63 bits per heavy atom. The molecule has 5 nitrogen and oxygen atoms in total. The van der Waals surface area contributed by atoms with Gasteiger partial charge in [0.1, 0.15) is 5.78 Å². The third kappa shape index (κ3) is 6.01. The lowest BCUT2D eigenvalue weighted by atomic mass is 9.97. The lowest BCUT2D eigenvalue weighted by Crippen LogP contribution is -2.38. The van der Waals surface area contributed by atoms with E-state index in [9.17, 15) is 21.6 Å². The summed E-state index contributed by atoms with van der Waals surface area (Å²) in [7, 11) is -8.47. The van der Waals surface area contributed by atoms with Gasteiger partial charge in [0, 0.05) is 6.42 Å². The number of benzene rings is 2. The summed E-state index contributed by atoms with van der Waals surface area (Å²) in [6.07, 6.45) is 3.81. The van der Waals surface area contributed by atoms with Crippen LogP contribution in [0.25, 0.3) is 0 Å². The van der Waals surface area contributed by atoms with Crippen LogP contribution in [0.2, 0.25) is 0 Å². The van der Waals surface area contributed by atoms with E-state index in [-0.39, 0.29) is 22.0 Å². The van der Waals surface area contributed by atoms with E-state index in [2.05, 4.69) is 6.92 Å². The average Bonchev–Trinajstić information content (AvgIpc) is 2.71. The second-order valence-electron chi connectivity index (χ2n) is 7.60. The van der Waals surface area contributed by atoms with Gasteiger partial charge in [-0.05, 0) is 43.5 Å². The van der Waals surface area contributed by atoms with Crippen molar-refractivity contribution in [2.45, 2.75) is 66.7 Å². The molecule has 7 heteroatoms. The average molecular weight is 451 g/mol. The Morgan fingerprint density at radius 1 is 0.767 bits per heavy atom. The monoisotopic (exact) mass is 450 g/mol. The summed E-state index contributed by atoms with van der Waals surface area (Å²) in [6, 6.07) is 15.3. The van der Waals surface area contributed by atoms with E-state index in [1.165, 1.54) is 31.2 Å². The van der Waals surface area contributed by atoms with Crippen molar-refractivity contribution in [3.63, 3.8) is 0 Å². The Kier molecular flexibility index (Phi) is 8.79. The normalized spacial score (nSPS) is 13.3. The number of sulfone groups is 2. The fourth-order valence-corrected chi connectivity index (χ4v) is 8.79. The smallest absolute Gasteiger partial charge is 0.196 e. The maximum absolute atomic E-state index is 13.6. The maximum Gasteiger partial charge on any atom is 0.196 e. The Bertz CT molecular complexity index is 944. The van der Waals surface area contributed by atoms with Crippen LogP contribution in [0.1, 0.15) is 52.4 Å². The molecule has 0 aliphatic rings. The minimum absolute atomic E-state index is 0.0448. The van der Waals surface area contributed by atoms with Gasteiger partial charge in [-0.25, -0.2) is 16.8 Å². The summed E-state index contributed by atoms with van der Waals surface area (Å²) in [4.78, 5) is 11.9. The zero-order chi connectivity index (χ0) is 22.2. The lowest BCUT2D eigenvalue weighted by molar-refractivity contribution is -0.117. The summed E-state index contributed by atoms with van der Waals surface area (Å²) in [6.45, 7) is 3.44. The molecule has 1 atom stereocenters. The van der Waals surface area contributed by atoms with E-state index in [0.717, 1.165) is 19.3 Å². The van der Waals surface area contributed by atoms with Crippen molar-refractivity contribution >= 4 is 25.5 Å². The SMILES string of the molecule is CCCCCC[C@H](CC(C)=O)C(S(=O)(=O)c1ccccc1)S(=O)(=O)c1ccccc1. The second-order valence-corrected chi connectivity index (χ2v) is 12.0. The van der Waals surface area contributed by atoms with Crippen LogP contribution < -0.4 is 0 Å². The van der Waals surface area contributed by atoms with E-state index in [4.69, 9.17) is 0 Å². The molecule has 0 saturated heterocycles. The summed E-state index contributed by atoms with van der Waals surface area (Å²) < 4.78 is 52.6. The zero-order valence-corrected chi connectivity index (χ0v) is 19.2. The van der Waals surface area contributed by atoms with Crippen LogP contribution in [0.4, 0.5) is 0 Å². The van der Waals surface area contributed by atoms with E-state index in [1.807, 2.05) is 0 Å². The molecule has 0 spiro atoms. The fraction of sp³-hybridized carbons (Fsp3) is 0.435. The summed E-state index contributed by atoms with van der Waals surface area (Å²) in [5.41, 5.74) is 0. The molecule has 0 aromatic heterocycles. The molecule has 0 unspecified atom stereocenters. The van der Waals surface area contributed by atoms with E-state index in [1.54, 1.807) is 36.4 Å². The summed E-state index contributed by atoms with van der Waals surface area (Å²) in [5, 5.41) is 0. The van der Waals surface area contributed by atoms with Crippen LogP contribution in [-0.2, 0) is 24.5 Å². The molecule has 0 aliphatic carbocycles. The molecule has 0 N–H and O–H groups in total.